The molecule has 0 radical (unpaired) electrons. The Labute approximate surface area is 202 Å². The molecule has 1 aliphatic carbocycles. The van der Waals surface area contributed by atoms with Crippen LogP contribution in [-0.4, -0.2) is 55.8 Å². The van der Waals surface area contributed by atoms with Gasteiger partial charge in [-0.1, -0.05) is 12.5 Å². The molecule has 0 N–H and O–H groups in total. The molecule has 2 fully saturated rings. The summed E-state index contributed by atoms with van der Waals surface area (Å²) in [6, 6.07) is 7.69. The maximum atomic E-state index is 15.1. The van der Waals surface area contributed by atoms with E-state index >= 15 is 4.39 Å². The minimum atomic E-state index is -4.57. The van der Waals surface area contributed by atoms with Crippen molar-refractivity contribution in [3.8, 4) is 0 Å². The molecule has 11 heteroatoms. The molecular weight excluding hydrogens is 486 g/mol. The molecule has 0 aromatic heterocycles. The highest BCUT2D eigenvalue weighted by Gasteiger charge is 2.36. The molecule has 35 heavy (non-hydrogen) atoms. The lowest BCUT2D eigenvalue weighted by atomic mass is 9.93. The summed E-state index contributed by atoms with van der Waals surface area (Å²) in [5.41, 5.74) is -0.0915. The van der Waals surface area contributed by atoms with Crippen LogP contribution in [0.25, 0.3) is 0 Å². The summed E-state index contributed by atoms with van der Waals surface area (Å²) in [5, 5.41) is 0. The van der Waals surface area contributed by atoms with Gasteiger partial charge in [0.25, 0.3) is 0 Å². The van der Waals surface area contributed by atoms with E-state index in [1.54, 1.807) is 17.0 Å². The molecule has 1 aliphatic heterocycles. The van der Waals surface area contributed by atoms with Crippen molar-refractivity contribution >= 4 is 21.6 Å². The lowest BCUT2D eigenvalue weighted by Gasteiger charge is -2.37. The quantitative estimate of drug-likeness (QED) is 0.542. The number of halogens is 4. The average Bonchev–Trinajstić information content (AvgIpc) is 2.78. The maximum absolute atomic E-state index is 15.1. The summed E-state index contributed by atoms with van der Waals surface area (Å²) in [7, 11) is -4.13. The molecule has 2 aliphatic rings. The number of sulfonamides is 1. The Balaban J connectivity index is 1.54. The van der Waals surface area contributed by atoms with Crippen LogP contribution in [0.3, 0.4) is 0 Å². The Morgan fingerprint density at radius 1 is 1.03 bits per heavy atom. The van der Waals surface area contributed by atoms with Gasteiger partial charge in [0.15, 0.2) is 0 Å². The molecule has 0 spiro atoms. The fourth-order valence-electron chi connectivity index (χ4n) is 4.34. The zero-order valence-corrected chi connectivity index (χ0v) is 20.1. The van der Waals surface area contributed by atoms with Crippen molar-refractivity contribution in [3.63, 3.8) is 0 Å². The van der Waals surface area contributed by atoms with E-state index in [4.69, 9.17) is 0 Å². The van der Waals surface area contributed by atoms with Crippen molar-refractivity contribution in [1.82, 2.24) is 9.21 Å². The molecule has 1 saturated heterocycles. The second-order valence-corrected chi connectivity index (χ2v) is 10.8. The van der Waals surface area contributed by atoms with Crippen LogP contribution < -0.4 is 4.90 Å². The first-order valence-electron chi connectivity index (χ1n) is 11.4. The largest absolute Gasteiger partial charge is 0.416 e. The Hall–Kier alpha value is -2.66. The van der Waals surface area contributed by atoms with Gasteiger partial charge < -0.3 is 9.80 Å². The van der Waals surface area contributed by atoms with Crippen LogP contribution >= 0.6 is 0 Å². The second-order valence-electron chi connectivity index (χ2n) is 8.93. The molecular formula is C24H27F4N3O3S. The predicted molar refractivity (Wildman–Crippen MR) is 123 cm³/mol. The molecule has 1 saturated carbocycles. The fraction of sp³-hybridized carbons (Fsp3) is 0.458. The summed E-state index contributed by atoms with van der Waals surface area (Å²) in [6.07, 6.45) is -2.52. The number of rotatable bonds is 6. The van der Waals surface area contributed by atoms with Crippen molar-refractivity contribution in [3.05, 3.63) is 59.4 Å². The van der Waals surface area contributed by atoms with Gasteiger partial charge in [0.2, 0.25) is 15.9 Å². The molecule has 4 rings (SSSR count). The third-order valence-electron chi connectivity index (χ3n) is 6.72. The molecule has 190 valence electrons. The van der Waals surface area contributed by atoms with Crippen molar-refractivity contribution in [2.45, 2.75) is 49.8 Å². The number of carbonyl (C=O) groups excluding carboxylic acids is 1. The summed E-state index contributed by atoms with van der Waals surface area (Å²) in [6.45, 7) is 3.51. The number of piperazine rings is 1. The van der Waals surface area contributed by atoms with Crippen molar-refractivity contribution < 1.29 is 30.8 Å². The van der Waals surface area contributed by atoms with Crippen LogP contribution in [0.15, 0.2) is 47.4 Å². The smallest absolute Gasteiger partial charge is 0.368 e. The van der Waals surface area contributed by atoms with Crippen LogP contribution in [0, 0.1) is 5.82 Å². The number of hydrogen-bond acceptors (Lipinski definition) is 4. The topological polar surface area (TPSA) is 60.9 Å². The van der Waals surface area contributed by atoms with Crippen LogP contribution in [0.5, 0.6) is 0 Å². The lowest BCUT2D eigenvalue weighted by molar-refractivity contribution is -0.137. The Morgan fingerprint density at radius 3 is 2.14 bits per heavy atom. The van der Waals surface area contributed by atoms with Gasteiger partial charge in [0.1, 0.15) is 5.82 Å². The number of hydrogen-bond donors (Lipinski definition) is 0. The first kappa shape index (κ1) is 25.4. The highest BCUT2D eigenvalue weighted by atomic mass is 32.2. The molecule has 1 heterocycles. The van der Waals surface area contributed by atoms with Crippen molar-refractivity contribution in [2.75, 3.05) is 31.1 Å². The molecule has 2 aromatic rings. The molecule has 2 aromatic carbocycles. The van der Waals surface area contributed by atoms with E-state index in [2.05, 4.69) is 0 Å². The number of carbonyl (C=O) groups is 1. The van der Waals surface area contributed by atoms with E-state index in [0.717, 1.165) is 30.7 Å². The van der Waals surface area contributed by atoms with Gasteiger partial charge in [-0.25, -0.2) is 12.8 Å². The van der Waals surface area contributed by atoms with Crippen molar-refractivity contribution in [1.29, 1.82) is 0 Å². The monoisotopic (exact) mass is 513 g/mol. The van der Waals surface area contributed by atoms with E-state index < -0.39 is 27.6 Å². The second kappa shape index (κ2) is 9.77. The molecule has 0 unspecified atom stereocenters. The molecule has 1 amide bonds. The Kier molecular flexibility index (Phi) is 7.10. The highest BCUT2D eigenvalue weighted by Crippen LogP contribution is 2.34. The maximum Gasteiger partial charge on any atom is 0.416 e. The van der Waals surface area contributed by atoms with Crippen LogP contribution in [0.1, 0.15) is 37.3 Å². The minimum absolute atomic E-state index is 0.00322. The van der Waals surface area contributed by atoms with Crippen LogP contribution in [0.4, 0.5) is 23.2 Å². The first-order chi connectivity index (χ1) is 16.5. The lowest BCUT2D eigenvalue weighted by Crippen LogP contribution is -2.48. The predicted octanol–water partition coefficient (Wildman–Crippen LogP) is 4.26. The Bertz CT molecular complexity index is 1170. The van der Waals surface area contributed by atoms with Gasteiger partial charge in [-0.15, -0.1) is 0 Å². The van der Waals surface area contributed by atoms with Gasteiger partial charge in [-0.3, -0.25) is 4.79 Å². The number of benzene rings is 2. The third kappa shape index (κ3) is 5.45. The zero-order chi connectivity index (χ0) is 25.4. The highest BCUT2D eigenvalue weighted by molar-refractivity contribution is 7.89. The zero-order valence-electron chi connectivity index (χ0n) is 19.3. The van der Waals surface area contributed by atoms with Crippen LogP contribution in [-0.2, 0) is 27.5 Å². The van der Waals surface area contributed by atoms with Crippen molar-refractivity contribution in [2.24, 2.45) is 0 Å². The van der Waals surface area contributed by atoms with E-state index in [-0.39, 0.29) is 29.0 Å². The minimum Gasteiger partial charge on any atom is -0.368 e. The van der Waals surface area contributed by atoms with Gasteiger partial charge in [-0.05, 0) is 49.2 Å². The number of anilines is 1. The summed E-state index contributed by atoms with van der Waals surface area (Å²) in [5.74, 6) is -0.556. The van der Waals surface area contributed by atoms with Crippen LogP contribution in [0.2, 0.25) is 0 Å². The van der Waals surface area contributed by atoms with Gasteiger partial charge in [0.05, 0.1) is 10.5 Å². The third-order valence-corrected chi connectivity index (χ3v) is 8.64. The number of nitrogens with zero attached hydrogens (tertiary/aromatic N) is 3. The fourth-order valence-corrected chi connectivity index (χ4v) is 6.01. The van der Waals surface area contributed by atoms with E-state index in [9.17, 15) is 26.4 Å². The molecule has 0 atom stereocenters. The summed E-state index contributed by atoms with van der Waals surface area (Å²) in [4.78, 5) is 15.0. The normalized spacial score (nSPS) is 17.5. The number of alkyl halides is 3. The molecule has 0 bridgehead atoms. The van der Waals surface area contributed by atoms with E-state index in [1.807, 2.05) is 4.90 Å². The Morgan fingerprint density at radius 2 is 1.66 bits per heavy atom. The summed E-state index contributed by atoms with van der Waals surface area (Å²) >= 11 is 0. The van der Waals surface area contributed by atoms with Gasteiger partial charge in [-0.2, -0.15) is 17.5 Å². The standard InChI is InChI=1S/C24H27F4N3O3S/c1-17(32)29-11-13-30(14-12-29)21-8-5-18(23(25)15-21)16-31(20-3-2-4-20)35(33,34)22-9-6-19(7-10-22)24(26,27)28/h5-10,15,20H,2-4,11-14,16H2,1H3. The first-order valence-corrected chi connectivity index (χ1v) is 12.9. The van der Waals surface area contributed by atoms with E-state index in [1.165, 1.54) is 17.3 Å². The van der Waals surface area contributed by atoms with Gasteiger partial charge >= 0.3 is 6.18 Å². The number of amides is 1. The van der Waals surface area contributed by atoms with Gasteiger partial charge in [0, 0.05) is 56.9 Å². The molecule has 6 nitrogen and oxygen atoms in total. The average molecular weight is 514 g/mol. The van der Waals surface area contributed by atoms with E-state index in [0.29, 0.717) is 44.7 Å². The summed E-state index contributed by atoms with van der Waals surface area (Å²) < 4.78 is 81.6. The SMILES string of the molecule is CC(=O)N1CCN(c2ccc(CN(C3CCC3)S(=O)(=O)c3ccc(C(F)(F)F)cc3)c(F)c2)CC1.